The number of piperazine rings is 1. The van der Waals surface area contributed by atoms with Crippen LogP contribution in [0.2, 0.25) is 0 Å². The van der Waals surface area contributed by atoms with Crippen molar-refractivity contribution in [2.75, 3.05) is 39.8 Å². The molecule has 3 aromatic rings. The topological polar surface area (TPSA) is 35.6 Å². The molecule has 2 aromatic carbocycles. The Morgan fingerprint density at radius 2 is 1.86 bits per heavy atom. The first-order chi connectivity index (χ1) is 13.7. The predicted octanol–water partition coefficient (Wildman–Crippen LogP) is 3.55. The first-order valence-corrected chi connectivity index (χ1v) is 10.8. The lowest BCUT2D eigenvalue weighted by Gasteiger charge is -2.38. The van der Waals surface area contributed by atoms with E-state index in [-0.39, 0.29) is 11.9 Å². The number of hydrogen-bond donors (Lipinski definition) is 1. The quantitative estimate of drug-likeness (QED) is 0.696. The van der Waals surface area contributed by atoms with Crippen molar-refractivity contribution in [3.8, 4) is 0 Å². The van der Waals surface area contributed by atoms with E-state index in [1.807, 2.05) is 18.2 Å². The molecule has 1 amide bonds. The maximum Gasteiger partial charge on any atom is 0.224 e. The zero-order valence-electron chi connectivity index (χ0n) is 16.3. The molecule has 4 nitrogen and oxygen atoms in total. The Labute approximate surface area is 170 Å². The molecule has 5 heteroatoms. The molecule has 1 aromatic heterocycles. The van der Waals surface area contributed by atoms with Crippen LogP contribution in [0, 0.1) is 0 Å². The number of fused-ring (bicyclic) bond motifs is 1. The van der Waals surface area contributed by atoms with Gasteiger partial charge in [-0.15, -0.1) is 0 Å². The van der Waals surface area contributed by atoms with Crippen molar-refractivity contribution in [3.05, 3.63) is 70.4 Å². The second-order valence-electron chi connectivity index (χ2n) is 7.53. The highest BCUT2D eigenvalue weighted by atomic mass is 32.1. The molecule has 0 bridgehead atoms. The molecular formula is C23H27N3OS. The second-order valence-corrected chi connectivity index (χ2v) is 8.31. The molecule has 2 heterocycles. The van der Waals surface area contributed by atoms with Gasteiger partial charge in [0.1, 0.15) is 0 Å². The van der Waals surface area contributed by atoms with Gasteiger partial charge in [-0.25, -0.2) is 0 Å². The van der Waals surface area contributed by atoms with Gasteiger partial charge in [0.15, 0.2) is 0 Å². The minimum absolute atomic E-state index is 0.0886. The summed E-state index contributed by atoms with van der Waals surface area (Å²) in [6.45, 7) is 4.88. The summed E-state index contributed by atoms with van der Waals surface area (Å²) < 4.78 is 0. The maximum absolute atomic E-state index is 12.7. The Morgan fingerprint density at radius 3 is 2.64 bits per heavy atom. The number of hydrogen-bond acceptors (Lipinski definition) is 4. The SMILES string of the molecule is CN1CCN([C@H](CNC(=O)Cc2cccc3ccccc23)c2ccsc2)CC1. The van der Waals surface area contributed by atoms with Crippen molar-refractivity contribution in [3.63, 3.8) is 0 Å². The highest BCUT2D eigenvalue weighted by Gasteiger charge is 2.24. The zero-order chi connectivity index (χ0) is 19.3. The van der Waals surface area contributed by atoms with E-state index < -0.39 is 0 Å². The summed E-state index contributed by atoms with van der Waals surface area (Å²) in [6.07, 6.45) is 0.417. The third-order valence-electron chi connectivity index (χ3n) is 5.63. The number of rotatable bonds is 6. The van der Waals surface area contributed by atoms with Crippen LogP contribution in [0.3, 0.4) is 0 Å². The van der Waals surface area contributed by atoms with Crippen molar-refractivity contribution in [2.45, 2.75) is 12.5 Å². The van der Waals surface area contributed by atoms with Gasteiger partial charge < -0.3 is 10.2 Å². The lowest BCUT2D eigenvalue weighted by molar-refractivity contribution is -0.120. The van der Waals surface area contributed by atoms with Gasteiger partial charge in [-0.3, -0.25) is 9.69 Å². The molecule has 1 saturated heterocycles. The molecule has 0 spiro atoms. The van der Waals surface area contributed by atoms with E-state index in [0.717, 1.165) is 37.1 Å². The van der Waals surface area contributed by atoms with Crippen LogP contribution < -0.4 is 5.32 Å². The monoisotopic (exact) mass is 393 g/mol. The lowest BCUT2D eigenvalue weighted by Crippen LogP contribution is -2.48. The van der Waals surface area contributed by atoms with Crippen LogP contribution in [-0.2, 0) is 11.2 Å². The van der Waals surface area contributed by atoms with E-state index in [2.05, 4.69) is 63.3 Å². The van der Waals surface area contributed by atoms with Crippen LogP contribution >= 0.6 is 11.3 Å². The van der Waals surface area contributed by atoms with E-state index in [1.54, 1.807) is 11.3 Å². The van der Waals surface area contributed by atoms with Crippen LogP contribution in [0.1, 0.15) is 17.2 Å². The summed E-state index contributed by atoms with van der Waals surface area (Å²) in [6, 6.07) is 16.9. The average Bonchev–Trinajstić information content (AvgIpc) is 3.24. The Balaban J connectivity index is 1.42. The van der Waals surface area contributed by atoms with E-state index in [4.69, 9.17) is 0 Å². The fourth-order valence-corrected chi connectivity index (χ4v) is 4.66. The maximum atomic E-state index is 12.7. The summed E-state index contributed by atoms with van der Waals surface area (Å²) in [4.78, 5) is 17.6. The first-order valence-electron chi connectivity index (χ1n) is 9.89. The first kappa shape index (κ1) is 19.1. The Bertz CT molecular complexity index is 911. The Hall–Kier alpha value is -2.21. The highest BCUT2D eigenvalue weighted by molar-refractivity contribution is 7.07. The number of likely N-dealkylation sites (N-methyl/N-ethyl adjacent to an activating group) is 1. The third kappa shape index (κ3) is 4.43. The molecule has 0 unspecified atom stereocenters. The van der Waals surface area contributed by atoms with Gasteiger partial charge in [0.2, 0.25) is 5.91 Å². The van der Waals surface area contributed by atoms with Gasteiger partial charge in [-0.05, 0) is 45.8 Å². The molecule has 146 valence electrons. The van der Waals surface area contributed by atoms with Crippen LogP contribution in [-0.4, -0.2) is 55.5 Å². The average molecular weight is 394 g/mol. The molecular weight excluding hydrogens is 366 g/mol. The molecule has 28 heavy (non-hydrogen) atoms. The van der Waals surface area contributed by atoms with Gasteiger partial charge in [0.25, 0.3) is 0 Å². The van der Waals surface area contributed by atoms with E-state index in [1.165, 1.54) is 10.9 Å². The van der Waals surface area contributed by atoms with Crippen molar-refractivity contribution < 1.29 is 4.79 Å². The van der Waals surface area contributed by atoms with Crippen LogP contribution in [0.25, 0.3) is 10.8 Å². The predicted molar refractivity (Wildman–Crippen MR) is 117 cm³/mol. The van der Waals surface area contributed by atoms with Crippen molar-refractivity contribution in [1.29, 1.82) is 0 Å². The number of nitrogens with zero attached hydrogens (tertiary/aromatic N) is 2. The Morgan fingerprint density at radius 1 is 1.07 bits per heavy atom. The molecule has 1 aliphatic rings. The van der Waals surface area contributed by atoms with E-state index in [0.29, 0.717) is 13.0 Å². The van der Waals surface area contributed by atoms with Crippen molar-refractivity contribution >= 4 is 28.0 Å². The molecule has 1 atom stereocenters. The molecule has 4 rings (SSSR count). The minimum atomic E-state index is 0.0886. The lowest BCUT2D eigenvalue weighted by atomic mass is 10.0. The molecule has 0 saturated carbocycles. The van der Waals surface area contributed by atoms with Crippen molar-refractivity contribution in [2.24, 2.45) is 0 Å². The minimum Gasteiger partial charge on any atom is -0.354 e. The summed E-state index contributed by atoms with van der Waals surface area (Å²) in [5, 5.41) is 9.88. The standard InChI is InChI=1S/C23H27N3OS/c1-25-10-12-26(13-11-25)22(20-9-14-28-17-20)16-24-23(27)15-19-7-4-6-18-5-2-3-8-21(18)19/h2-9,14,17,22H,10-13,15-16H2,1H3,(H,24,27)/t22-/m1/s1. The summed E-state index contributed by atoms with van der Waals surface area (Å²) in [5.41, 5.74) is 2.39. The molecule has 1 fully saturated rings. The number of carbonyl (C=O) groups is 1. The molecule has 0 aliphatic carbocycles. The molecule has 1 N–H and O–H groups in total. The second kappa shape index (κ2) is 8.86. The van der Waals surface area contributed by atoms with Gasteiger partial charge in [-0.2, -0.15) is 11.3 Å². The molecule has 0 radical (unpaired) electrons. The van der Waals surface area contributed by atoms with Crippen LogP contribution in [0.5, 0.6) is 0 Å². The van der Waals surface area contributed by atoms with E-state index in [9.17, 15) is 4.79 Å². The smallest absolute Gasteiger partial charge is 0.224 e. The fraction of sp³-hybridized carbons (Fsp3) is 0.348. The zero-order valence-corrected chi connectivity index (χ0v) is 17.1. The van der Waals surface area contributed by atoms with Gasteiger partial charge in [0, 0.05) is 32.7 Å². The number of amides is 1. The Kier molecular flexibility index (Phi) is 6.05. The summed E-state index contributed by atoms with van der Waals surface area (Å²) in [7, 11) is 2.17. The number of nitrogens with one attached hydrogen (secondary N) is 1. The normalized spacial score (nSPS) is 16.9. The summed E-state index contributed by atoms with van der Waals surface area (Å²) in [5.74, 6) is 0.0886. The van der Waals surface area contributed by atoms with Crippen LogP contribution in [0.4, 0.5) is 0 Å². The number of thiophene rings is 1. The van der Waals surface area contributed by atoms with Gasteiger partial charge in [0.05, 0.1) is 12.5 Å². The largest absolute Gasteiger partial charge is 0.354 e. The fourth-order valence-electron chi connectivity index (χ4n) is 3.95. The van der Waals surface area contributed by atoms with Crippen molar-refractivity contribution in [1.82, 2.24) is 15.1 Å². The van der Waals surface area contributed by atoms with E-state index >= 15 is 0 Å². The summed E-state index contributed by atoms with van der Waals surface area (Å²) >= 11 is 1.72. The van der Waals surface area contributed by atoms with Gasteiger partial charge >= 0.3 is 0 Å². The van der Waals surface area contributed by atoms with Gasteiger partial charge in [-0.1, -0.05) is 42.5 Å². The molecule has 1 aliphatic heterocycles. The number of benzene rings is 2. The third-order valence-corrected chi connectivity index (χ3v) is 6.33. The number of carbonyl (C=O) groups excluding carboxylic acids is 1. The van der Waals surface area contributed by atoms with Crippen LogP contribution in [0.15, 0.2) is 59.3 Å². The highest BCUT2D eigenvalue weighted by Crippen LogP contribution is 2.24.